The van der Waals surface area contributed by atoms with Crippen LogP contribution in [0.3, 0.4) is 0 Å². The SMILES string of the molecule is O=C(O)c1ncccc1O[B]c1ccc(CN2CCOCC2)cc1-c1cccc(Cl)c1. The Morgan fingerprint density at radius 3 is 2.77 bits per heavy atom. The van der Waals surface area contributed by atoms with Gasteiger partial charge in [-0.2, -0.15) is 0 Å². The number of halogens is 1. The van der Waals surface area contributed by atoms with Crippen molar-refractivity contribution in [1.82, 2.24) is 9.88 Å². The minimum atomic E-state index is -1.14. The predicted molar refractivity (Wildman–Crippen MR) is 120 cm³/mol. The number of carboxylic acid groups (broad SMARTS) is 1. The van der Waals surface area contributed by atoms with Crippen molar-refractivity contribution >= 4 is 30.5 Å². The number of rotatable bonds is 7. The number of nitrogens with zero attached hydrogens (tertiary/aromatic N) is 2. The van der Waals surface area contributed by atoms with Gasteiger partial charge in [0.1, 0.15) is 5.75 Å². The summed E-state index contributed by atoms with van der Waals surface area (Å²) in [5, 5.41) is 9.98. The van der Waals surface area contributed by atoms with Gasteiger partial charge < -0.3 is 14.5 Å². The van der Waals surface area contributed by atoms with Gasteiger partial charge in [-0.3, -0.25) is 4.90 Å². The van der Waals surface area contributed by atoms with Crippen molar-refractivity contribution in [3.05, 3.63) is 77.1 Å². The third-order valence-electron chi connectivity index (χ3n) is 5.05. The summed E-state index contributed by atoms with van der Waals surface area (Å²) in [7, 11) is 1.55. The zero-order chi connectivity index (χ0) is 21.6. The van der Waals surface area contributed by atoms with Gasteiger partial charge in [-0.05, 0) is 46.4 Å². The molecule has 3 aromatic rings. The Hall–Kier alpha value is -2.87. The minimum Gasteiger partial charge on any atom is -0.556 e. The molecule has 6 nitrogen and oxygen atoms in total. The Morgan fingerprint density at radius 1 is 1.16 bits per heavy atom. The summed E-state index contributed by atoms with van der Waals surface area (Å²) in [5.74, 6) is -0.954. The highest BCUT2D eigenvalue weighted by atomic mass is 35.5. The lowest BCUT2D eigenvalue weighted by Gasteiger charge is -2.27. The van der Waals surface area contributed by atoms with Crippen LogP contribution in [0.5, 0.6) is 5.75 Å². The maximum atomic E-state index is 11.4. The number of hydrogen-bond donors (Lipinski definition) is 1. The average molecular weight is 436 g/mol. The highest BCUT2D eigenvalue weighted by Crippen LogP contribution is 2.23. The van der Waals surface area contributed by atoms with Crippen LogP contribution in [0.25, 0.3) is 11.1 Å². The first-order valence-electron chi connectivity index (χ1n) is 9.97. The highest BCUT2D eigenvalue weighted by Gasteiger charge is 2.17. The summed E-state index contributed by atoms with van der Waals surface area (Å²) in [6.45, 7) is 4.13. The van der Waals surface area contributed by atoms with Crippen LogP contribution in [0.15, 0.2) is 60.8 Å². The number of carbonyl (C=O) groups is 1. The fourth-order valence-corrected chi connectivity index (χ4v) is 3.69. The number of aromatic nitrogens is 1. The fraction of sp³-hybridized carbons (Fsp3) is 0.217. The largest absolute Gasteiger partial charge is 0.556 e. The number of morpholine rings is 1. The van der Waals surface area contributed by atoms with Gasteiger partial charge in [0, 0.05) is 30.9 Å². The number of carboxylic acids is 1. The van der Waals surface area contributed by atoms with Crippen LogP contribution in [0.1, 0.15) is 16.1 Å². The molecule has 31 heavy (non-hydrogen) atoms. The van der Waals surface area contributed by atoms with Crippen LogP contribution in [0.4, 0.5) is 0 Å². The molecule has 0 unspecified atom stereocenters. The summed E-state index contributed by atoms with van der Waals surface area (Å²) in [5.41, 5.74) is 3.76. The summed E-state index contributed by atoms with van der Waals surface area (Å²) >= 11 is 6.23. The molecule has 2 aromatic carbocycles. The van der Waals surface area contributed by atoms with Crippen LogP contribution < -0.4 is 10.1 Å². The van der Waals surface area contributed by atoms with Gasteiger partial charge >= 0.3 is 13.5 Å². The molecule has 1 radical (unpaired) electrons. The summed E-state index contributed by atoms with van der Waals surface area (Å²) in [6, 6.07) is 17.0. The van der Waals surface area contributed by atoms with Gasteiger partial charge in [-0.15, -0.1) is 0 Å². The van der Waals surface area contributed by atoms with Gasteiger partial charge in [0.15, 0.2) is 5.69 Å². The highest BCUT2D eigenvalue weighted by molar-refractivity contribution is 6.50. The van der Waals surface area contributed by atoms with E-state index in [-0.39, 0.29) is 11.4 Å². The zero-order valence-corrected chi connectivity index (χ0v) is 17.6. The maximum absolute atomic E-state index is 11.4. The first kappa shape index (κ1) is 21.4. The van der Waals surface area contributed by atoms with E-state index in [4.69, 9.17) is 21.0 Å². The quantitative estimate of drug-likeness (QED) is 0.574. The molecule has 0 aliphatic carbocycles. The summed E-state index contributed by atoms with van der Waals surface area (Å²) < 4.78 is 11.2. The number of hydrogen-bond acceptors (Lipinski definition) is 5. The Morgan fingerprint density at radius 2 is 2.00 bits per heavy atom. The van der Waals surface area contributed by atoms with Gasteiger partial charge in [-0.1, -0.05) is 41.9 Å². The van der Waals surface area contributed by atoms with E-state index in [0.717, 1.165) is 49.4 Å². The van der Waals surface area contributed by atoms with Gasteiger partial charge in [0.05, 0.1) is 13.2 Å². The zero-order valence-electron chi connectivity index (χ0n) is 16.8. The Kier molecular flexibility index (Phi) is 6.87. The second-order valence-corrected chi connectivity index (χ2v) is 7.65. The van der Waals surface area contributed by atoms with E-state index in [1.54, 1.807) is 19.6 Å². The fourth-order valence-electron chi connectivity index (χ4n) is 3.50. The van der Waals surface area contributed by atoms with Crippen LogP contribution in [-0.2, 0) is 11.3 Å². The van der Waals surface area contributed by atoms with Gasteiger partial charge in [-0.25, -0.2) is 9.78 Å². The number of aromatic carboxylic acids is 1. The van der Waals surface area contributed by atoms with Crippen LogP contribution >= 0.6 is 11.6 Å². The molecular formula is C23H21BClN2O4. The third-order valence-corrected chi connectivity index (χ3v) is 5.28. The molecule has 1 saturated heterocycles. The summed E-state index contributed by atoms with van der Waals surface area (Å²) in [6.07, 6.45) is 1.42. The first-order chi connectivity index (χ1) is 15.1. The Balaban J connectivity index is 1.62. The van der Waals surface area contributed by atoms with E-state index in [9.17, 15) is 9.90 Å². The van der Waals surface area contributed by atoms with E-state index in [2.05, 4.69) is 22.0 Å². The topological polar surface area (TPSA) is 71.9 Å². The Labute approximate surface area is 186 Å². The molecular weight excluding hydrogens is 415 g/mol. The Bertz CT molecular complexity index is 1070. The lowest BCUT2D eigenvalue weighted by atomic mass is 9.80. The summed E-state index contributed by atoms with van der Waals surface area (Å²) in [4.78, 5) is 17.6. The van der Waals surface area contributed by atoms with Crippen molar-refractivity contribution in [2.75, 3.05) is 26.3 Å². The standard InChI is InChI=1S/C23H21BClN2O4/c25-18-4-1-3-17(14-18)19-13-16(15-27-9-11-30-12-10-27)6-7-20(19)24-31-21-5-2-8-26-22(21)23(28)29/h1-8,13-14H,9-12,15H2,(H,28,29). The lowest BCUT2D eigenvalue weighted by molar-refractivity contribution is 0.0342. The van der Waals surface area contributed by atoms with E-state index in [1.165, 1.54) is 11.8 Å². The van der Waals surface area contributed by atoms with E-state index in [1.807, 2.05) is 30.3 Å². The number of ether oxygens (including phenoxy) is 1. The molecule has 1 aromatic heterocycles. The molecule has 1 aliphatic rings. The average Bonchev–Trinajstić information content (AvgIpc) is 2.79. The molecule has 0 spiro atoms. The van der Waals surface area contributed by atoms with Crippen molar-refractivity contribution in [2.24, 2.45) is 0 Å². The van der Waals surface area contributed by atoms with E-state index >= 15 is 0 Å². The molecule has 0 atom stereocenters. The first-order valence-corrected chi connectivity index (χ1v) is 10.3. The molecule has 1 fully saturated rings. The van der Waals surface area contributed by atoms with Gasteiger partial charge in [0.25, 0.3) is 0 Å². The molecule has 1 aliphatic heterocycles. The van der Waals surface area contributed by atoms with Crippen LogP contribution in [0, 0.1) is 0 Å². The van der Waals surface area contributed by atoms with Crippen molar-refractivity contribution < 1.29 is 19.3 Å². The second-order valence-electron chi connectivity index (χ2n) is 7.21. The second kappa shape index (κ2) is 9.96. The maximum Gasteiger partial charge on any atom is 0.409 e. The third kappa shape index (κ3) is 5.44. The van der Waals surface area contributed by atoms with Crippen molar-refractivity contribution in [1.29, 1.82) is 0 Å². The van der Waals surface area contributed by atoms with Gasteiger partial charge in [0.2, 0.25) is 0 Å². The van der Waals surface area contributed by atoms with E-state index < -0.39 is 5.97 Å². The normalized spacial score (nSPS) is 14.2. The molecule has 0 amide bonds. The smallest absolute Gasteiger partial charge is 0.409 e. The molecule has 8 heteroatoms. The monoisotopic (exact) mass is 435 g/mol. The molecule has 0 saturated carbocycles. The minimum absolute atomic E-state index is 0.132. The number of pyridine rings is 1. The van der Waals surface area contributed by atoms with Crippen molar-refractivity contribution in [3.63, 3.8) is 0 Å². The van der Waals surface area contributed by atoms with Crippen LogP contribution in [0.2, 0.25) is 5.02 Å². The van der Waals surface area contributed by atoms with Crippen molar-refractivity contribution in [3.8, 4) is 16.9 Å². The molecule has 4 rings (SSSR count). The lowest BCUT2D eigenvalue weighted by Crippen LogP contribution is -2.35. The number of benzene rings is 2. The van der Waals surface area contributed by atoms with E-state index in [0.29, 0.717) is 5.02 Å². The molecule has 1 N–H and O–H groups in total. The van der Waals surface area contributed by atoms with Crippen molar-refractivity contribution in [2.45, 2.75) is 6.54 Å². The van der Waals surface area contributed by atoms with Crippen LogP contribution in [-0.4, -0.2) is 54.7 Å². The molecule has 2 heterocycles. The molecule has 157 valence electrons. The molecule has 0 bridgehead atoms. The predicted octanol–water partition coefficient (Wildman–Crippen LogP) is 3.26.